The number of nitrogens with zero attached hydrogens (tertiary/aromatic N) is 1. The van der Waals surface area contributed by atoms with E-state index < -0.39 is 0 Å². The van der Waals surface area contributed by atoms with Gasteiger partial charge in [-0.3, -0.25) is 0 Å². The zero-order chi connectivity index (χ0) is 10.4. The largest absolute Gasteiger partial charge is 0.192 e. The Kier molecular flexibility index (Phi) is 4.19. The van der Waals surface area contributed by atoms with E-state index in [0.717, 1.165) is 17.9 Å². The normalized spacial score (nSPS) is 10.1. The molecule has 0 bridgehead atoms. The third kappa shape index (κ3) is 3.62. The predicted octanol–water partition coefficient (Wildman–Crippen LogP) is 3.54. The maximum Gasteiger partial charge on any atom is 0.0991 e. The molecular weight excluding hydrogens is 170 g/mol. The fourth-order valence-electron chi connectivity index (χ4n) is 1.46. The van der Waals surface area contributed by atoms with Gasteiger partial charge in [-0.15, -0.1) is 0 Å². The first-order valence-corrected chi connectivity index (χ1v) is 5.21. The molecule has 1 aromatic carbocycles. The van der Waals surface area contributed by atoms with Crippen molar-refractivity contribution in [3.8, 4) is 6.07 Å². The molecule has 1 aromatic rings. The molecule has 1 nitrogen and oxygen atoms in total. The lowest BCUT2D eigenvalue weighted by atomic mass is 10.0. The van der Waals surface area contributed by atoms with Crippen molar-refractivity contribution in [2.24, 2.45) is 5.92 Å². The Morgan fingerprint density at radius 1 is 1.21 bits per heavy atom. The topological polar surface area (TPSA) is 23.8 Å². The van der Waals surface area contributed by atoms with Crippen LogP contribution in [0, 0.1) is 17.2 Å². The highest BCUT2D eigenvalue weighted by Crippen LogP contribution is 2.10. The number of rotatable bonds is 4. The minimum atomic E-state index is 0.748. The van der Waals surface area contributed by atoms with E-state index in [4.69, 9.17) is 5.26 Å². The Bertz CT molecular complexity index is 303. The Balaban J connectivity index is 2.41. The molecule has 0 saturated carbocycles. The number of hydrogen-bond acceptors (Lipinski definition) is 1. The highest BCUT2D eigenvalue weighted by molar-refractivity contribution is 5.31. The summed E-state index contributed by atoms with van der Waals surface area (Å²) in [6.45, 7) is 4.50. The first kappa shape index (κ1) is 10.8. The van der Waals surface area contributed by atoms with Crippen molar-refractivity contribution in [2.75, 3.05) is 0 Å². The predicted molar refractivity (Wildman–Crippen MR) is 58.9 cm³/mol. The Hall–Kier alpha value is -1.29. The molecule has 14 heavy (non-hydrogen) atoms. The minimum absolute atomic E-state index is 0.748. The average molecular weight is 187 g/mol. The summed E-state index contributed by atoms with van der Waals surface area (Å²) in [4.78, 5) is 0. The molecule has 0 atom stereocenters. The van der Waals surface area contributed by atoms with Gasteiger partial charge in [0.05, 0.1) is 11.6 Å². The van der Waals surface area contributed by atoms with Crippen molar-refractivity contribution in [3.63, 3.8) is 0 Å². The van der Waals surface area contributed by atoms with E-state index in [0.29, 0.717) is 0 Å². The lowest BCUT2D eigenvalue weighted by Crippen LogP contribution is -1.90. The van der Waals surface area contributed by atoms with E-state index in [1.807, 2.05) is 12.1 Å². The lowest BCUT2D eigenvalue weighted by Gasteiger charge is -2.04. The van der Waals surface area contributed by atoms with Crippen molar-refractivity contribution in [2.45, 2.75) is 33.1 Å². The third-order valence-electron chi connectivity index (χ3n) is 2.33. The van der Waals surface area contributed by atoms with Crippen LogP contribution in [0.15, 0.2) is 24.3 Å². The molecule has 0 fully saturated rings. The van der Waals surface area contributed by atoms with Gasteiger partial charge in [0.2, 0.25) is 0 Å². The van der Waals surface area contributed by atoms with E-state index in [2.05, 4.69) is 32.0 Å². The summed E-state index contributed by atoms with van der Waals surface area (Å²) in [6, 6.07) is 10.0. The highest BCUT2D eigenvalue weighted by atomic mass is 14.2. The minimum Gasteiger partial charge on any atom is -0.192 e. The van der Waals surface area contributed by atoms with E-state index in [1.54, 1.807) is 0 Å². The number of nitriles is 1. The second kappa shape index (κ2) is 5.44. The van der Waals surface area contributed by atoms with Crippen LogP contribution in [0.4, 0.5) is 0 Å². The molecular formula is C13H17N. The summed E-state index contributed by atoms with van der Waals surface area (Å²) >= 11 is 0. The van der Waals surface area contributed by atoms with Crippen LogP contribution in [-0.4, -0.2) is 0 Å². The van der Waals surface area contributed by atoms with E-state index in [-0.39, 0.29) is 0 Å². The Labute approximate surface area is 86.4 Å². The zero-order valence-corrected chi connectivity index (χ0v) is 8.96. The molecule has 0 N–H and O–H groups in total. The van der Waals surface area contributed by atoms with E-state index in [1.165, 1.54) is 18.4 Å². The zero-order valence-electron chi connectivity index (χ0n) is 8.96. The molecule has 1 heteroatoms. The van der Waals surface area contributed by atoms with Crippen molar-refractivity contribution in [1.82, 2.24) is 0 Å². The Morgan fingerprint density at radius 3 is 2.36 bits per heavy atom. The van der Waals surface area contributed by atoms with Crippen LogP contribution in [0.3, 0.4) is 0 Å². The van der Waals surface area contributed by atoms with Gasteiger partial charge in [0.15, 0.2) is 0 Å². The van der Waals surface area contributed by atoms with E-state index in [9.17, 15) is 0 Å². The molecule has 0 spiro atoms. The van der Waals surface area contributed by atoms with Gasteiger partial charge in [-0.25, -0.2) is 0 Å². The van der Waals surface area contributed by atoms with Crippen LogP contribution < -0.4 is 0 Å². The van der Waals surface area contributed by atoms with Gasteiger partial charge in [-0.2, -0.15) is 5.26 Å². The number of benzene rings is 1. The van der Waals surface area contributed by atoms with Crippen LogP contribution in [0.25, 0.3) is 0 Å². The van der Waals surface area contributed by atoms with Gasteiger partial charge in [0.25, 0.3) is 0 Å². The molecule has 0 aliphatic heterocycles. The molecule has 0 aliphatic rings. The first-order chi connectivity index (χ1) is 6.72. The molecule has 0 unspecified atom stereocenters. The summed E-state index contributed by atoms with van der Waals surface area (Å²) in [5.74, 6) is 0.786. The molecule has 0 heterocycles. The van der Waals surface area contributed by atoms with Crippen LogP contribution in [0.2, 0.25) is 0 Å². The second-order valence-corrected chi connectivity index (χ2v) is 4.09. The van der Waals surface area contributed by atoms with Gasteiger partial charge in [-0.05, 0) is 36.5 Å². The molecule has 0 aromatic heterocycles. The molecule has 1 rings (SSSR count). The second-order valence-electron chi connectivity index (χ2n) is 4.09. The van der Waals surface area contributed by atoms with Crippen LogP contribution in [0.5, 0.6) is 0 Å². The highest BCUT2D eigenvalue weighted by Gasteiger charge is 1.96. The first-order valence-electron chi connectivity index (χ1n) is 5.21. The smallest absolute Gasteiger partial charge is 0.0991 e. The fraction of sp³-hybridized carbons (Fsp3) is 0.462. The average Bonchev–Trinajstić information content (AvgIpc) is 2.18. The number of hydrogen-bond donors (Lipinski definition) is 0. The van der Waals surface area contributed by atoms with Crippen molar-refractivity contribution < 1.29 is 0 Å². The Morgan fingerprint density at radius 2 is 1.86 bits per heavy atom. The molecule has 0 amide bonds. The van der Waals surface area contributed by atoms with Gasteiger partial charge in [0.1, 0.15) is 0 Å². The standard InChI is InChI=1S/C13H17N/c1-11(2)4-3-5-12-6-8-13(10-14)9-7-12/h6-9,11H,3-5H2,1-2H3. The monoisotopic (exact) mass is 187 g/mol. The number of aryl methyl sites for hydroxylation is 1. The quantitative estimate of drug-likeness (QED) is 0.707. The summed E-state index contributed by atoms with van der Waals surface area (Å²) in [5.41, 5.74) is 2.09. The van der Waals surface area contributed by atoms with Gasteiger partial charge in [0, 0.05) is 0 Å². The fourth-order valence-corrected chi connectivity index (χ4v) is 1.46. The SMILES string of the molecule is CC(C)CCCc1ccc(C#N)cc1. The van der Waals surface area contributed by atoms with Crippen molar-refractivity contribution in [1.29, 1.82) is 5.26 Å². The van der Waals surface area contributed by atoms with Gasteiger partial charge >= 0.3 is 0 Å². The molecule has 0 radical (unpaired) electrons. The van der Waals surface area contributed by atoms with Crippen LogP contribution in [-0.2, 0) is 6.42 Å². The van der Waals surface area contributed by atoms with Gasteiger partial charge in [-0.1, -0.05) is 32.4 Å². The maximum atomic E-state index is 8.63. The summed E-state index contributed by atoms with van der Waals surface area (Å²) < 4.78 is 0. The van der Waals surface area contributed by atoms with E-state index >= 15 is 0 Å². The maximum absolute atomic E-state index is 8.63. The third-order valence-corrected chi connectivity index (χ3v) is 2.33. The molecule has 0 saturated heterocycles. The van der Waals surface area contributed by atoms with Crippen LogP contribution in [0.1, 0.15) is 37.8 Å². The van der Waals surface area contributed by atoms with Crippen LogP contribution >= 0.6 is 0 Å². The van der Waals surface area contributed by atoms with Crippen molar-refractivity contribution >= 4 is 0 Å². The summed E-state index contributed by atoms with van der Waals surface area (Å²) in [6.07, 6.45) is 3.65. The molecule has 74 valence electrons. The van der Waals surface area contributed by atoms with Gasteiger partial charge < -0.3 is 0 Å². The molecule has 0 aliphatic carbocycles. The van der Waals surface area contributed by atoms with Crippen molar-refractivity contribution in [3.05, 3.63) is 35.4 Å². The summed E-state index contributed by atoms with van der Waals surface area (Å²) in [5, 5.41) is 8.63. The summed E-state index contributed by atoms with van der Waals surface area (Å²) in [7, 11) is 0. The lowest BCUT2D eigenvalue weighted by molar-refractivity contribution is 0.556.